The molecule has 4 heteroatoms. The predicted octanol–water partition coefficient (Wildman–Crippen LogP) is 2.42. The summed E-state index contributed by atoms with van der Waals surface area (Å²) < 4.78 is 1.58. The number of hydrogen-bond acceptors (Lipinski definition) is 2. The van der Waals surface area contributed by atoms with Gasteiger partial charge in [0.15, 0.2) is 0 Å². The molecule has 0 atom stereocenters. The average Bonchev–Trinajstić information content (AvgIpc) is 2.41. The smallest absolute Gasteiger partial charge is 0.331 e. The van der Waals surface area contributed by atoms with Gasteiger partial charge in [-0.1, -0.05) is 31.2 Å². The van der Waals surface area contributed by atoms with Crippen molar-refractivity contribution >= 4 is 16.9 Å². The monoisotopic (exact) mass is 257 g/mol. The van der Waals surface area contributed by atoms with Gasteiger partial charge >= 0.3 is 5.97 Å². The number of pyridine rings is 1. The first-order valence-electron chi connectivity index (χ1n) is 6.14. The van der Waals surface area contributed by atoms with Crippen LogP contribution in [0.3, 0.4) is 0 Å². The largest absolute Gasteiger partial charge is 0.478 e. The number of carboxylic acids is 1. The second-order valence-electron chi connectivity index (χ2n) is 4.23. The number of aromatic nitrogens is 1. The third-order valence-electron chi connectivity index (χ3n) is 3.07. The van der Waals surface area contributed by atoms with Crippen molar-refractivity contribution in [2.45, 2.75) is 19.9 Å². The van der Waals surface area contributed by atoms with E-state index >= 15 is 0 Å². The van der Waals surface area contributed by atoms with Crippen LogP contribution in [0.4, 0.5) is 0 Å². The van der Waals surface area contributed by atoms with Gasteiger partial charge in [0.05, 0.1) is 5.52 Å². The van der Waals surface area contributed by atoms with Gasteiger partial charge in [-0.25, -0.2) is 4.79 Å². The number of benzene rings is 1. The second kappa shape index (κ2) is 5.52. The van der Waals surface area contributed by atoms with Crippen molar-refractivity contribution in [3.05, 3.63) is 58.4 Å². The van der Waals surface area contributed by atoms with E-state index in [0.29, 0.717) is 12.0 Å². The molecule has 1 aromatic heterocycles. The summed E-state index contributed by atoms with van der Waals surface area (Å²) in [5.41, 5.74) is 1.00. The summed E-state index contributed by atoms with van der Waals surface area (Å²) in [5.74, 6) is -0.934. The molecule has 0 amide bonds. The number of carbonyl (C=O) groups is 1. The van der Waals surface area contributed by atoms with Crippen molar-refractivity contribution < 1.29 is 9.90 Å². The van der Waals surface area contributed by atoms with Crippen molar-refractivity contribution in [1.29, 1.82) is 0 Å². The minimum atomic E-state index is -0.934. The van der Waals surface area contributed by atoms with Crippen molar-refractivity contribution in [3.8, 4) is 0 Å². The van der Waals surface area contributed by atoms with Gasteiger partial charge in [-0.05, 0) is 23.9 Å². The fraction of sp³-hybridized carbons (Fsp3) is 0.200. The molecule has 0 fully saturated rings. The lowest BCUT2D eigenvalue weighted by atomic mass is 10.2. The third kappa shape index (κ3) is 2.73. The zero-order valence-electron chi connectivity index (χ0n) is 10.7. The molecule has 2 aromatic rings. The van der Waals surface area contributed by atoms with E-state index in [2.05, 4.69) is 0 Å². The number of carboxylic acid groups (broad SMARTS) is 1. The van der Waals surface area contributed by atoms with E-state index in [4.69, 9.17) is 5.11 Å². The highest BCUT2D eigenvalue weighted by atomic mass is 16.4. The van der Waals surface area contributed by atoms with Crippen molar-refractivity contribution in [2.24, 2.45) is 0 Å². The molecular weight excluding hydrogens is 242 g/mol. The van der Waals surface area contributed by atoms with Crippen LogP contribution in [0.2, 0.25) is 0 Å². The van der Waals surface area contributed by atoms with Gasteiger partial charge in [-0.2, -0.15) is 0 Å². The number of rotatable bonds is 4. The number of allylic oxidation sites excluding steroid dienone is 1. The summed E-state index contributed by atoms with van der Waals surface area (Å²) in [5, 5.41) is 9.94. The molecule has 0 aliphatic heterocycles. The molecule has 0 spiro atoms. The fourth-order valence-electron chi connectivity index (χ4n) is 2.02. The van der Waals surface area contributed by atoms with E-state index in [1.807, 2.05) is 24.3 Å². The van der Waals surface area contributed by atoms with Gasteiger partial charge < -0.3 is 9.67 Å². The van der Waals surface area contributed by atoms with Crippen LogP contribution >= 0.6 is 0 Å². The standard InChI is InChI=1S/C15H15NO3/c1-2-11(15(18)19)9-10-16-13-6-4-3-5-12(13)7-8-14(16)17/h3-9H,2,10H2,1H3,(H,18,19). The van der Waals surface area contributed by atoms with E-state index in [1.54, 1.807) is 23.6 Å². The molecule has 0 radical (unpaired) electrons. The number of para-hydroxylation sites is 1. The van der Waals surface area contributed by atoms with Gasteiger partial charge in [0.25, 0.3) is 5.56 Å². The SMILES string of the molecule is CCC(=CCn1c(=O)ccc2ccccc21)C(=O)O. The zero-order valence-corrected chi connectivity index (χ0v) is 10.7. The Bertz CT molecular complexity index is 698. The Morgan fingerprint density at radius 3 is 2.68 bits per heavy atom. The van der Waals surface area contributed by atoms with E-state index in [9.17, 15) is 9.59 Å². The Balaban J connectivity index is 2.48. The molecule has 0 saturated heterocycles. The van der Waals surface area contributed by atoms with E-state index in [0.717, 1.165) is 10.9 Å². The van der Waals surface area contributed by atoms with E-state index in [1.165, 1.54) is 6.07 Å². The summed E-state index contributed by atoms with van der Waals surface area (Å²) in [6.07, 6.45) is 2.03. The lowest BCUT2D eigenvalue weighted by molar-refractivity contribution is -0.132. The lowest BCUT2D eigenvalue weighted by Gasteiger charge is -2.08. The molecule has 0 saturated carbocycles. The van der Waals surface area contributed by atoms with Gasteiger partial charge in [-0.15, -0.1) is 0 Å². The van der Waals surface area contributed by atoms with Crippen LogP contribution in [0, 0.1) is 0 Å². The molecule has 1 heterocycles. The Labute approximate surface area is 110 Å². The highest BCUT2D eigenvalue weighted by molar-refractivity contribution is 5.86. The van der Waals surface area contributed by atoms with Crippen LogP contribution < -0.4 is 5.56 Å². The number of aliphatic carboxylic acids is 1. The molecular formula is C15H15NO3. The normalized spacial score (nSPS) is 11.7. The first-order chi connectivity index (χ1) is 9.13. The molecule has 4 nitrogen and oxygen atoms in total. The number of nitrogens with zero attached hydrogens (tertiary/aromatic N) is 1. The first kappa shape index (κ1) is 13.1. The van der Waals surface area contributed by atoms with E-state index < -0.39 is 5.97 Å². The maximum Gasteiger partial charge on any atom is 0.331 e. The molecule has 0 unspecified atom stereocenters. The molecule has 2 rings (SSSR count). The summed E-state index contributed by atoms with van der Waals surface area (Å²) in [6, 6.07) is 10.8. The van der Waals surface area contributed by atoms with Crippen molar-refractivity contribution in [1.82, 2.24) is 4.57 Å². The molecule has 19 heavy (non-hydrogen) atoms. The molecule has 0 aliphatic rings. The van der Waals surface area contributed by atoms with Crippen LogP contribution in [-0.4, -0.2) is 15.6 Å². The first-order valence-corrected chi connectivity index (χ1v) is 6.14. The summed E-state index contributed by atoms with van der Waals surface area (Å²) in [6.45, 7) is 2.06. The Hall–Kier alpha value is -2.36. The van der Waals surface area contributed by atoms with Crippen molar-refractivity contribution in [3.63, 3.8) is 0 Å². The molecule has 98 valence electrons. The molecule has 0 aliphatic carbocycles. The van der Waals surface area contributed by atoms with Crippen molar-refractivity contribution in [2.75, 3.05) is 0 Å². The summed E-state index contributed by atoms with van der Waals surface area (Å²) in [4.78, 5) is 22.8. The number of fused-ring (bicyclic) bond motifs is 1. The van der Waals surface area contributed by atoms with Gasteiger partial charge in [0.1, 0.15) is 0 Å². The minimum Gasteiger partial charge on any atom is -0.478 e. The van der Waals surface area contributed by atoms with E-state index in [-0.39, 0.29) is 12.1 Å². The van der Waals surface area contributed by atoms with Crippen LogP contribution in [0.5, 0.6) is 0 Å². The molecule has 1 aromatic carbocycles. The number of hydrogen-bond donors (Lipinski definition) is 1. The quantitative estimate of drug-likeness (QED) is 0.856. The summed E-state index contributed by atoms with van der Waals surface area (Å²) >= 11 is 0. The zero-order chi connectivity index (χ0) is 13.8. The average molecular weight is 257 g/mol. The lowest BCUT2D eigenvalue weighted by Crippen LogP contribution is -2.19. The van der Waals surface area contributed by atoms with Crippen LogP contribution in [0.25, 0.3) is 10.9 Å². The van der Waals surface area contributed by atoms with Gasteiger partial charge in [-0.3, -0.25) is 4.79 Å². The molecule has 1 N–H and O–H groups in total. The highest BCUT2D eigenvalue weighted by Gasteiger charge is 2.05. The Morgan fingerprint density at radius 2 is 2.00 bits per heavy atom. The topological polar surface area (TPSA) is 59.3 Å². The van der Waals surface area contributed by atoms with Crippen LogP contribution in [0.15, 0.2) is 52.8 Å². The molecule has 0 bridgehead atoms. The maximum absolute atomic E-state index is 11.9. The van der Waals surface area contributed by atoms with Gasteiger partial charge in [0.2, 0.25) is 0 Å². The van der Waals surface area contributed by atoms with Crippen LogP contribution in [0.1, 0.15) is 13.3 Å². The second-order valence-corrected chi connectivity index (χ2v) is 4.23. The fourth-order valence-corrected chi connectivity index (χ4v) is 2.02. The van der Waals surface area contributed by atoms with Crippen LogP contribution in [-0.2, 0) is 11.3 Å². The Morgan fingerprint density at radius 1 is 1.26 bits per heavy atom. The third-order valence-corrected chi connectivity index (χ3v) is 3.07. The predicted molar refractivity (Wildman–Crippen MR) is 74.2 cm³/mol. The minimum absolute atomic E-state index is 0.129. The maximum atomic E-state index is 11.9. The summed E-state index contributed by atoms with van der Waals surface area (Å²) in [7, 11) is 0. The highest BCUT2D eigenvalue weighted by Crippen LogP contribution is 2.11. The van der Waals surface area contributed by atoms with Gasteiger partial charge in [0, 0.05) is 18.2 Å². The Kier molecular flexibility index (Phi) is 3.80.